The van der Waals surface area contributed by atoms with E-state index in [4.69, 9.17) is 4.74 Å². The van der Waals surface area contributed by atoms with Crippen LogP contribution in [-0.4, -0.2) is 24.1 Å². The zero-order valence-electron chi connectivity index (χ0n) is 18.4. The number of halogens is 2. The molecule has 0 saturated carbocycles. The highest BCUT2D eigenvalue weighted by atomic mass is 19.1. The van der Waals surface area contributed by atoms with Crippen molar-refractivity contribution in [3.05, 3.63) is 107 Å². The van der Waals surface area contributed by atoms with Crippen molar-refractivity contribution in [3.63, 3.8) is 0 Å². The van der Waals surface area contributed by atoms with E-state index < -0.39 is 11.6 Å². The molecule has 1 N–H and O–H groups in total. The fourth-order valence-electron chi connectivity index (χ4n) is 3.84. The molecule has 4 aromatic rings. The van der Waals surface area contributed by atoms with E-state index in [0.717, 1.165) is 17.2 Å². The van der Waals surface area contributed by atoms with Gasteiger partial charge in [0.2, 0.25) is 0 Å². The van der Waals surface area contributed by atoms with Crippen molar-refractivity contribution in [1.82, 2.24) is 9.88 Å². The first-order valence-electron chi connectivity index (χ1n) is 10.6. The Morgan fingerprint density at radius 3 is 2.36 bits per heavy atom. The predicted octanol–water partition coefficient (Wildman–Crippen LogP) is 5.71. The standard InChI is InChI=1S/C27H24F2N2O2/c1-18-23(27(32)30-15-14-19-6-4-3-5-7-19)17-26(20-8-11-22(33-2)12-9-20)31(18)25-13-10-21(28)16-24(25)29/h3-13,16-17H,14-15H2,1-2H3,(H,30,32). The second-order valence-corrected chi connectivity index (χ2v) is 7.68. The summed E-state index contributed by atoms with van der Waals surface area (Å²) in [5.41, 5.74) is 3.67. The number of aromatic nitrogens is 1. The molecule has 4 rings (SSSR count). The molecule has 0 atom stereocenters. The van der Waals surface area contributed by atoms with Crippen LogP contribution >= 0.6 is 0 Å². The lowest BCUT2D eigenvalue weighted by Gasteiger charge is -2.14. The van der Waals surface area contributed by atoms with Crippen molar-refractivity contribution in [1.29, 1.82) is 0 Å². The molecule has 0 spiro atoms. The van der Waals surface area contributed by atoms with Crippen molar-refractivity contribution in [2.75, 3.05) is 13.7 Å². The molecule has 0 saturated heterocycles. The van der Waals surface area contributed by atoms with Crippen LogP contribution in [-0.2, 0) is 6.42 Å². The van der Waals surface area contributed by atoms with Crippen LogP contribution in [0.2, 0.25) is 0 Å². The van der Waals surface area contributed by atoms with E-state index in [1.165, 1.54) is 12.1 Å². The van der Waals surface area contributed by atoms with E-state index in [1.54, 1.807) is 36.8 Å². The molecule has 0 fully saturated rings. The van der Waals surface area contributed by atoms with Crippen molar-refractivity contribution in [2.24, 2.45) is 0 Å². The number of amides is 1. The molecule has 4 nitrogen and oxygen atoms in total. The van der Waals surface area contributed by atoms with Crippen LogP contribution < -0.4 is 10.1 Å². The van der Waals surface area contributed by atoms with Crippen LogP contribution in [0.3, 0.4) is 0 Å². The van der Waals surface area contributed by atoms with E-state index in [-0.39, 0.29) is 11.6 Å². The van der Waals surface area contributed by atoms with Crippen molar-refractivity contribution in [2.45, 2.75) is 13.3 Å². The Kier molecular flexibility index (Phi) is 6.54. The monoisotopic (exact) mass is 446 g/mol. The van der Waals surface area contributed by atoms with Gasteiger partial charge in [0.15, 0.2) is 0 Å². The first kappa shape index (κ1) is 22.3. The number of nitrogens with one attached hydrogen (secondary N) is 1. The molecule has 168 valence electrons. The number of nitrogens with zero attached hydrogens (tertiary/aromatic N) is 1. The highest BCUT2D eigenvalue weighted by Crippen LogP contribution is 2.32. The third-order valence-corrected chi connectivity index (χ3v) is 5.57. The van der Waals surface area contributed by atoms with Gasteiger partial charge in [-0.3, -0.25) is 4.79 Å². The molecule has 6 heteroatoms. The summed E-state index contributed by atoms with van der Waals surface area (Å²) in [5, 5.41) is 2.95. The third kappa shape index (κ3) is 4.80. The Labute approximate surface area is 191 Å². The Balaban J connectivity index is 1.70. The largest absolute Gasteiger partial charge is 0.497 e. The van der Waals surface area contributed by atoms with E-state index >= 15 is 0 Å². The second-order valence-electron chi connectivity index (χ2n) is 7.68. The number of hydrogen-bond donors (Lipinski definition) is 1. The molecule has 0 aliphatic rings. The number of methoxy groups -OCH3 is 1. The summed E-state index contributed by atoms with van der Waals surface area (Å²) in [7, 11) is 1.58. The SMILES string of the molecule is COc1ccc(-c2cc(C(=O)NCCc3ccccc3)c(C)n2-c2ccc(F)cc2F)cc1. The molecule has 1 amide bonds. The van der Waals surface area contributed by atoms with Crippen LogP contribution in [0.25, 0.3) is 16.9 Å². The maximum Gasteiger partial charge on any atom is 0.253 e. The van der Waals surface area contributed by atoms with Gasteiger partial charge in [0.25, 0.3) is 5.91 Å². The van der Waals surface area contributed by atoms with Crippen molar-refractivity contribution >= 4 is 5.91 Å². The quantitative estimate of drug-likeness (QED) is 0.395. The summed E-state index contributed by atoms with van der Waals surface area (Å²) >= 11 is 0. The van der Waals surface area contributed by atoms with Gasteiger partial charge in [0.05, 0.1) is 24.1 Å². The number of ether oxygens (including phenoxy) is 1. The number of carbonyl (C=O) groups excluding carboxylic acids is 1. The second kappa shape index (κ2) is 9.69. The minimum absolute atomic E-state index is 0.169. The van der Waals surface area contributed by atoms with Gasteiger partial charge in [-0.25, -0.2) is 8.78 Å². The summed E-state index contributed by atoms with van der Waals surface area (Å²) in [6, 6.07) is 22.3. The average Bonchev–Trinajstić information content (AvgIpc) is 3.17. The van der Waals surface area contributed by atoms with Crippen LogP contribution in [0.4, 0.5) is 8.78 Å². The molecule has 0 radical (unpaired) electrons. The summed E-state index contributed by atoms with van der Waals surface area (Å²) in [5.74, 6) is -0.940. The minimum Gasteiger partial charge on any atom is -0.497 e. The van der Waals surface area contributed by atoms with E-state index in [9.17, 15) is 13.6 Å². The smallest absolute Gasteiger partial charge is 0.253 e. The highest BCUT2D eigenvalue weighted by molar-refractivity contribution is 5.97. The van der Waals surface area contributed by atoms with Gasteiger partial charge >= 0.3 is 0 Å². The molecule has 1 aromatic heterocycles. The lowest BCUT2D eigenvalue weighted by atomic mass is 10.1. The van der Waals surface area contributed by atoms with Gasteiger partial charge in [0.1, 0.15) is 17.4 Å². The maximum absolute atomic E-state index is 14.7. The molecular formula is C27H24F2N2O2. The van der Waals surface area contributed by atoms with Crippen LogP contribution in [0.1, 0.15) is 21.6 Å². The van der Waals surface area contributed by atoms with Crippen molar-refractivity contribution < 1.29 is 18.3 Å². The van der Waals surface area contributed by atoms with E-state index in [1.807, 2.05) is 42.5 Å². The highest BCUT2D eigenvalue weighted by Gasteiger charge is 2.21. The first-order valence-corrected chi connectivity index (χ1v) is 10.6. The first-order chi connectivity index (χ1) is 16.0. The van der Waals surface area contributed by atoms with Gasteiger partial charge in [0, 0.05) is 18.3 Å². The van der Waals surface area contributed by atoms with Gasteiger partial charge in [-0.15, -0.1) is 0 Å². The Bertz CT molecular complexity index is 1270. The Hall–Kier alpha value is -3.93. The molecule has 1 heterocycles. The van der Waals surface area contributed by atoms with E-state index in [2.05, 4.69) is 5.32 Å². The number of carbonyl (C=O) groups is 1. The third-order valence-electron chi connectivity index (χ3n) is 5.57. The maximum atomic E-state index is 14.7. The van der Waals surface area contributed by atoms with E-state index in [0.29, 0.717) is 35.7 Å². The van der Waals surface area contributed by atoms with Crippen LogP contribution in [0.15, 0.2) is 78.9 Å². The molecule has 0 aliphatic heterocycles. The summed E-state index contributed by atoms with van der Waals surface area (Å²) < 4.78 is 35.2. The molecule has 33 heavy (non-hydrogen) atoms. The van der Waals surface area contributed by atoms with Gasteiger partial charge in [-0.1, -0.05) is 30.3 Å². The Morgan fingerprint density at radius 2 is 1.70 bits per heavy atom. The Morgan fingerprint density at radius 1 is 0.970 bits per heavy atom. The predicted molar refractivity (Wildman–Crippen MR) is 125 cm³/mol. The summed E-state index contributed by atoms with van der Waals surface area (Å²) in [6.07, 6.45) is 0.699. The summed E-state index contributed by atoms with van der Waals surface area (Å²) in [6.45, 7) is 2.22. The zero-order chi connectivity index (χ0) is 23.4. The number of rotatable bonds is 7. The molecular weight excluding hydrogens is 422 g/mol. The lowest BCUT2D eigenvalue weighted by molar-refractivity contribution is 0.0953. The van der Waals surface area contributed by atoms with Gasteiger partial charge < -0.3 is 14.6 Å². The van der Waals surface area contributed by atoms with Gasteiger partial charge in [-0.2, -0.15) is 0 Å². The fraction of sp³-hybridized carbons (Fsp3) is 0.148. The molecule has 0 bridgehead atoms. The minimum atomic E-state index is -0.709. The van der Waals surface area contributed by atoms with Gasteiger partial charge in [-0.05, 0) is 66.9 Å². The van der Waals surface area contributed by atoms with Crippen LogP contribution in [0, 0.1) is 18.6 Å². The van der Waals surface area contributed by atoms with Crippen molar-refractivity contribution in [3.8, 4) is 22.7 Å². The average molecular weight is 446 g/mol. The molecule has 0 aliphatic carbocycles. The molecule has 3 aromatic carbocycles. The topological polar surface area (TPSA) is 43.3 Å². The molecule has 0 unspecified atom stereocenters. The lowest BCUT2D eigenvalue weighted by Crippen LogP contribution is -2.26. The van der Waals surface area contributed by atoms with Crippen LogP contribution in [0.5, 0.6) is 5.75 Å². The fourth-order valence-corrected chi connectivity index (χ4v) is 3.84. The summed E-state index contributed by atoms with van der Waals surface area (Å²) in [4.78, 5) is 13.0. The normalized spacial score (nSPS) is 10.8. The number of benzene rings is 3. The zero-order valence-corrected chi connectivity index (χ0v) is 18.4. The number of hydrogen-bond acceptors (Lipinski definition) is 2.